The highest BCUT2D eigenvalue weighted by Crippen LogP contribution is 2.27. The number of benzene rings is 1. The summed E-state index contributed by atoms with van der Waals surface area (Å²) in [7, 11) is 0. The zero-order chi connectivity index (χ0) is 11.5. The number of ether oxygens (including phenoxy) is 1. The molecule has 0 radical (unpaired) electrons. The van der Waals surface area contributed by atoms with E-state index in [-0.39, 0.29) is 6.04 Å². The fourth-order valence-electron chi connectivity index (χ4n) is 2.25. The first-order valence-corrected chi connectivity index (χ1v) is 5.97. The molecule has 0 fully saturated rings. The largest absolute Gasteiger partial charge is 0.375 e. The van der Waals surface area contributed by atoms with Gasteiger partial charge < -0.3 is 15.4 Å². The molecule has 2 rings (SSSR count). The van der Waals surface area contributed by atoms with Crippen LogP contribution >= 0.6 is 0 Å². The Morgan fingerprint density at radius 1 is 1.38 bits per heavy atom. The quantitative estimate of drug-likeness (QED) is 0.847. The first kappa shape index (κ1) is 11.4. The van der Waals surface area contributed by atoms with Gasteiger partial charge in [-0.25, -0.2) is 0 Å². The zero-order valence-corrected chi connectivity index (χ0v) is 10.1. The molecule has 0 aromatic heterocycles. The van der Waals surface area contributed by atoms with E-state index in [2.05, 4.69) is 36.9 Å². The van der Waals surface area contributed by atoms with Crippen LogP contribution in [0.15, 0.2) is 18.2 Å². The van der Waals surface area contributed by atoms with Crippen LogP contribution in [0.5, 0.6) is 0 Å². The van der Waals surface area contributed by atoms with E-state index in [0.717, 1.165) is 13.1 Å². The van der Waals surface area contributed by atoms with Gasteiger partial charge in [-0.1, -0.05) is 6.07 Å². The fraction of sp³-hybridized carbons (Fsp3) is 0.538. The van der Waals surface area contributed by atoms with Crippen LogP contribution in [0.4, 0.5) is 5.69 Å². The SMILES string of the molecule is CCN(CC)c1ccc2c(c1)COC[C@@H]2N. The standard InChI is InChI=1S/C13H20N2O/c1-3-15(4-2)11-5-6-12-10(7-11)8-16-9-13(12)14/h5-7,13H,3-4,8-9,14H2,1-2H3/t13-/m0/s1. The van der Waals surface area contributed by atoms with Gasteiger partial charge in [0.1, 0.15) is 0 Å². The molecular weight excluding hydrogens is 200 g/mol. The van der Waals surface area contributed by atoms with Crippen LogP contribution < -0.4 is 10.6 Å². The molecule has 3 heteroatoms. The maximum atomic E-state index is 6.00. The van der Waals surface area contributed by atoms with Crippen molar-refractivity contribution in [3.8, 4) is 0 Å². The van der Waals surface area contributed by atoms with E-state index in [1.807, 2.05) is 0 Å². The number of fused-ring (bicyclic) bond motifs is 1. The van der Waals surface area contributed by atoms with Crippen molar-refractivity contribution in [3.63, 3.8) is 0 Å². The van der Waals surface area contributed by atoms with E-state index in [0.29, 0.717) is 13.2 Å². The summed E-state index contributed by atoms with van der Waals surface area (Å²) in [4.78, 5) is 2.33. The molecule has 1 aliphatic rings. The Kier molecular flexibility index (Phi) is 3.46. The molecule has 0 saturated carbocycles. The van der Waals surface area contributed by atoms with Crippen LogP contribution in [0, 0.1) is 0 Å². The Labute approximate surface area is 97.2 Å². The first-order valence-electron chi connectivity index (χ1n) is 5.97. The summed E-state index contributed by atoms with van der Waals surface area (Å²) in [5.41, 5.74) is 9.74. The van der Waals surface area contributed by atoms with Crippen molar-refractivity contribution in [3.05, 3.63) is 29.3 Å². The van der Waals surface area contributed by atoms with Crippen molar-refractivity contribution in [1.82, 2.24) is 0 Å². The molecule has 2 N–H and O–H groups in total. The Morgan fingerprint density at radius 3 is 2.81 bits per heavy atom. The molecule has 0 spiro atoms. The van der Waals surface area contributed by atoms with Crippen LogP contribution in [-0.2, 0) is 11.3 Å². The van der Waals surface area contributed by atoms with E-state index < -0.39 is 0 Å². The minimum absolute atomic E-state index is 0.0366. The monoisotopic (exact) mass is 220 g/mol. The Balaban J connectivity index is 2.31. The number of hydrogen-bond acceptors (Lipinski definition) is 3. The molecule has 1 aliphatic heterocycles. The first-order chi connectivity index (χ1) is 7.76. The molecule has 16 heavy (non-hydrogen) atoms. The van der Waals surface area contributed by atoms with Gasteiger partial charge >= 0.3 is 0 Å². The predicted octanol–water partition coefficient (Wildman–Crippen LogP) is 2.06. The number of nitrogens with zero attached hydrogens (tertiary/aromatic N) is 1. The zero-order valence-electron chi connectivity index (χ0n) is 10.1. The Hall–Kier alpha value is -1.06. The smallest absolute Gasteiger partial charge is 0.0721 e. The van der Waals surface area contributed by atoms with E-state index in [4.69, 9.17) is 10.5 Å². The van der Waals surface area contributed by atoms with Gasteiger partial charge in [0.05, 0.1) is 19.3 Å². The van der Waals surface area contributed by atoms with Crippen molar-refractivity contribution < 1.29 is 4.74 Å². The van der Waals surface area contributed by atoms with Crippen molar-refractivity contribution in [2.45, 2.75) is 26.5 Å². The van der Waals surface area contributed by atoms with Crippen LogP contribution in [0.2, 0.25) is 0 Å². The summed E-state index contributed by atoms with van der Waals surface area (Å²) in [5, 5.41) is 0. The molecule has 88 valence electrons. The highest BCUT2D eigenvalue weighted by molar-refractivity contribution is 5.51. The van der Waals surface area contributed by atoms with E-state index >= 15 is 0 Å². The van der Waals surface area contributed by atoms with Crippen LogP contribution in [0.25, 0.3) is 0 Å². The summed E-state index contributed by atoms with van der Waals surface area (Å²) in [6.07, 6.45) is 0. The summed E-state index contributed by atoms with van der Waals surface area (Å²) in [5.74, 6) is 0. The normalized spacial score (nSPS) is 19.3. The van der Waals surface area contributed by atoms with Crippen molar-refractivity contribution in [1.29, 1.82) is 0 Å². The second-order valence-corrected chi connectivity index (χ2v) is 4.18. The Morgan fingerprint density at radius 2 is 2.12 bits per heavy atom. The molecule has 0 unspecified atom stereocenters. The maximum Gasteiger partial charge on any atom is 0.0721 e. The average Bonchev–Trinajstić information content (AvgIpc) is 2.31. The minimum Gasteiger partial charge on any atom is -0.375 e. The summed E-state index contributed by atoms with van der Waals surface area (Å²) < 4.78 is 5.47. The number of rotatable bonds is 3. The lowest BCUT2D eigenvalue weighted by molar-refractivity contribution is 0.0924. The predicted molar refractivity (Wildman–Crippen MR) is 66.6 cm³/mol. The molecule has 0 aliphatic carbocycles. The summed E-state index contributed by atoms with van der Waals surface area (Å²) in [6.45, 7) is 7.73. The lowest BCUT2D eigenvalue weighted by atomic mass is 9.99. The molecule has 1 atom stereocenters. The van der Waals surface area contributed by atoms with Crippen LogP contribution in [0.1, 0.15) is 31.0 Å². The number of anilines is 1. The third-order valence-electron chi connectivity index (χ3n) is 3.21. The minimum atomic E-state index is 0.0366. The molecule has 1 aromatic carbocycles. The second-order valence-electron chi connectivity index (χ2n) is 4.18. The third kappa shape index (κ3) is 2.06. The van der Waals surface area contributed by atoms with Gasteiger partial charge in [0.15, 0.2) is 0 Å². The number of nitrogens with two attached hydrogens (primary N) is 1. The second kappa shape index (κ2) is 4.85. The highest BCUT2D eigenvalue weighted by Gasteiger charge is 2.17. The van der Waals surface area contributed by atoms with Gasteiger partial charge in [-0.05, 0) is 37.1 Å². The summed E-state index contributed by atoms with van der Waals surface area (Å²) >= 11 is 0. The van der Waals surface area contributed by atoms with E-state index in [9.17, 15) is 0 Å². The van der Waals surface area contributed by atoms with Crippen molar-refractivity contribution in [2.75, 3.05) is 24.6 Å². The van der Waals surface area contributed by atoms with E-state index in [1.165, 1.54) is 16.8 Å². The maximum absolute atomic E-state index is 6.00. The topological polar surface area (TPSA) is 38.5 Å². The van der Waals surface area contributed by atoms with Crippen LogP contribution in [0.3, 0.4) is 0 Å². The summed E-state index contributed by atoms with van der Waals surface area (Å²) in [6, 6.07) is 6.56. The van der Waals surface area contributed by atoms with Gasteiger partial charge in [-0.2, -0.15) is 0 Å². The molecule has 1 heterocycles. The van der Waals surface area contributed by atoms with E-state index in [1.54, 1.807) is 0 Å². The fourth-order valence-corrected chi connectivity index (χ4v) is 2.25. The molecular formula is C13H20N2O. The molecule has 1 aromatic rings. The van der Waals surface area contributed by atoms with Gasteiger partial charge in [0.2, 0.25) is 0 Å². The highest BCUT2D eigenvalue weighted by atomic mass is 16.5. The third-order valence-corrected chi connectivity index (χ3v) is 3.21. The van der Waals surface area contributed by atoms with Crippen molar-refractivity contribution >= 4 is 5.69 Å². The Bertz CT molecular complexity index is 361. The molecule has 0 bridgehead atoms. The lowest BCUT2D eigenvalue weighted by Crippen LogP contribution is -2.25. The van der Waals surface area contributed by atoms with Crippen molar-refractivity contribution in [2.24, 2.45) is 5.73 Å². The molecule has 0 saturated heterocycles. The van der Waals surface area contributed by atoms with Crippen LogP contribution in [-0.4, -0.2) is 19.7 Å². The van der Waals surface area contributed by atoms with Gasteiger partial charge in [-0.15, -0.1) is 0 Å². The average molecular weight is 220 g/mol. The lowest BCUT2D eigenvalue weighted by Gasteiger charge is -2.26. The van der Waals surface area contributed by atoms with Gasteiger partial charge in [0.25, 0.3) is 0 Å². The van der Waals surface area contributed by atoms with Gasteiger partial charge in [0, 0.05) is 18.8 Å². The molecule has 3 nitrogen and oxygen atoms in total. The van der Waals surface area contributed by atoms with Gasteiger partial charge in [-0.3, -0.25) is 0 Å². The number of hydrogen-bond donors (Lipinski definition) is 1. The molecule has 0 amide bonds.